The minimum absolute atomic E-state index is 0.123. The standard InChI is InChI=1S/C19H20N4O4/c1-26-12-10-20-18(24)16-15-5-3-4-11-23(15)17(22-16)19(25)21-13-6-8-14(27-2)9-7-13/h3-9,11H,10,12H2,1-2H3,(H,20,24)(H,21,25). The summed E-state index contributed by atoms with van der Waals surface area (Å²) in [6.45, 7) is 0.747. The molecule has 27 heavy (non-hydrogen) atoms. The number of carbonyl (C=O) groups is 2. The number of rotatable bonds is 7. The average Bonchev–Trinajstić information content (AvgIpc) is 3.09. The van der Waals surface area contributed by atoms with Gasteiger partial charge in [0.15, 0.2) is 5.69 Å². The SMILES string of the molecule is COCCNC(=O)c1nc(C(=O)Nc2ccc(OC)cc2)n2ccccc12. The number of hydrogen-bond acceptors (Lipinski definition) is 5. The summed E-state index contributed by atoms with van der Waals surface area (Å²) in [6.07, 6.45) is 1.69. The normalized spacial score (nSPS) is 10.6. The molecule has 2 aromatic heterocycles. The second kappa shape index (κ2) is 8.33. The highest BCUT2D eigenvalue weighted by Crippen LogP contribution is 2.18. The molecule has 3 aromatic rings. The molecule has 1 aromatic carbocycles. The molecule has 0 saturated carbocycles. The number of hydrogen-bond donors (Lipinski definition) is 2. The topological polar surface area (TPSA) is 94.0 Å². The lowest BCUT2D eigenvalue weighted by atomic mass is 10.3. The Morgan fingerprint density at radius 2 is 1.85 bits per heavy atom. The van der Waals surface area contributed by atoms with Crippen LogP contribution in [0.4, 0.5) is 5.69 Å². The number of benzene rings is 1. The van der Waals surface area contributed by atoms with Crippen LogP contribution in [0.15, 0.2) is 48.7 Å². The average molecular weight is 368 g/mol. The van der Waals surface area contributed by atoms with Gasteiger partial charge >= 0.3 is 0 Å². The van der Waals surface area contributed by atoms with Gasteiger partial charge in [0.2, 0.25) is 5.82 Å². The first-order valence-corrected chi connectivity index (χ1v) is 8.33. The number of imidazole rings is 1. The van der Waals surface area contributed by atoms with Crippen LogP contribution in [-0.2, 0) is 4.74 Å². The van der Waals surface area contributed by atoms with Gasteiger partial charge in [-0.25, -0.2) is 4.98 Å². The Morgan fingerprint density at radius 1 is 1.07 bits per heavy atom. The number of amides is 2. The number of pyridine rings is 1. The molecule has 2 heterocycles. The molecule has 0 atom stereocenters. The fourth-order valence-corrected chi connectivity index (χ4v) is 2.58. The van der Waals surface area contributed by atoms with Crippen molar-refractivity contribution in [3.63, 3.8) is 0 Å². The van der Waals surface area contributed by atoms with Crippen LogP contribution < -0.4 is 15.4 Å². The molecule has 3 rings (SSSR count). The maximum Gasteiger partial charge on any atom is 0.292 e. The van der Waals surface area contributed by atoms with Crippen molar-refractivity contribution in [1.29, 1.82) is 0 Å². The number of anilines is 1. The van der Waals surface area contributed by atoms with E-state index in [1.165, 1.54) is 0 Å². The van der Waals surface area contributed by atoms with E-state index in [9.17, 15) is 9.59 Å². The van der Waals surface area contributed by atoms with Gasteiger partial charge in [-0.1, -0.05) is 6.07 Å². The van der Waals surface area contributed by atoms with Crippen LogP contribution in [0.1, 0.15) is 21.1 Å². The van der Waals surface area contributed by atoms with Crippen molar-refractivity contribution in [2.45, 2.75) is 0 Å². The van der Waals surface area contributed by atoms with Crippen LogP contribution in [0.25, 0.3) is 5.52 Å². The summed E-state index contributed by atoms with van der Waals surface area (Å²) >= 11 is 0. The molecular formula is C19H20N4O4. The van der Waals surface area contributed by atoms with Crippen LogP contribution in [0.5, 0.6) is 5.75 Å². The van der Waals surface area contributed by atoms with E-state index in [0.717, 1.165) is 0 Å². The number of nitrogens with one attached hydrogen (secondary N) is 2. The molecule has 2 N–H and O–H groups in total. The Hall–Kier alpha value is -3.39. The number of fused-ring (bicyclic) bond motifs is 1. The lowest BCUT2D eigenvalue weighted by Crippen LogP contribution is -2.27. The maximum absolute atomic E-state index is 12.7. The summed E-state index contributed by atoms with van der Waals surface area (Å²) in [4.78, 5) is 29.4. The minimum Gasteiger partial charge on any atom is -0.497 e. The molecule has 0 aliphatic rings. The van der Waals surface area contributed by atoms with Gasteiger partial charge in [-0.05, 0) is 36.4 Å². The van der Waals surface area contributed by atoms with Crippen molar-refractivity contribution in [1.82, 2.24) is 14.7 Å². The van der Waals surface area contributed by atoms with Crippen molar-refractivity contribution in [2.75, 3.05) is 32.7 Å². The van der Waals surface area contributed by atoms with E-state index >= 15 is 0 Å². The third kappa shape index (κ3) is 4.06. The highest BCUT2D eigenvalue weighted by Gasteiger charge is 2.21. The van der Waals surface area contributed by atoms with Crippen molar-refractivity contribution >= 4 is 23.0 Å². The lowest BCUT2D eigenvalue weighted by Gasteiger charge is -2.05. The van der Waals surface area contributed by atoms with E-state index in [1.807, 2.05) is 0 Å². The first-order chi connectivity index (χ1) is 13.1. The Balaban J connectivity index is 1.87. The minimum atomic E-state index is -0.419. The highest BCUT2D eigenvalue weighted by molar-refractivity contribution is 6.06. The molecule has 2 amide bonds. The molecule has 8 nitrogen and oxygen atoms in total. The summed E-state index contributed by atoms with van der Waals surface area (Å²) in [6, 6.07) is 12.2. The molecule has 0 spiro atoms. The summed E-state index contributed by atoms with van der Waals surface area (Å²) in [5, 5.41) is 5.50. The number of methoxy groups -OCH3 is 2. The van der Waals surface area contributed by atoms with E-state index in [-0.39, 0.29) is 17.4 Å². The molecule has 0 aliphatic carbocycles. The molecule has 140 valence electrons. The summed E-state index contributed by atoms with van der Waals surface area (Å²) in [7, 11) is 3.13. The molecule has 0 saturated heterocycles. The van der Waals surface area contributed by atoms with Gasteiger partial charge in [0, 0.05) is 25.5 Å². The first kappa shape index (κ1) is 18.4. The smallest absolute Gasteiger partial charge is 0.292 e. The van der Waals surface area contributed by atoms with Gasteiger partial charge in [0.25, 0.3) is 11.8 Å². The second-order valence-electron chi connectivity index (χ2n) is 5.67. The molecule has 0 fully saturated rings. The van der Waals surface area contributed by atoms with Crippen LogP contribution in [0.3, 0.4) is 0 Å². The number of nitrogens with zero attached hydrogens (tertiary/aromatic N) is 2. The highest BCUT2D eigenvalue weighted by atomic mass is 16.5. The van der Waals surface area contributed by atoms with E-state index in [0.29, 0.717) is 30.1 Å². The Bertz CT molecular complexity index is 950. The predicted molar refractivity (Wildman–Crippen MR) is 100 cm³/mol. The fourth-order valence-electron chi connectivity index (χ4n) is 2.58. The number of aromatic nitrogens is 2. The van der Waals surface area contributed by atoms with E-state index in [1.54, 1.807) is 67.3 Å². The van der Waals surface area contributed by atoms with Crippen LogP contribution in [-0.4, -0.2) is 48.6 Å². The molecule has 8 heteroatoms. The van der Waals surface area contributed by atoms with Crippen LogP contribution >= 0.6 is 0 Å². The third-order valence-electron chi connectivity index (χ3n) is 3.91. The quantitative estimate of drug-likeness (QED) is 0.622. The molecular weight excluding hydrogens is 348 g/mol. The Morgan fingerprint density at radius 3 is 2.56 bits per heavy atom. The largest absolute Gasteiger partial charge is 0.497 e. The maximum atomic E-state index is 12.7. The predicted octanol–water partition coefficient (Wildman–Crippen LogP) is 1.97. The zero-order valence-corrected chi connectivity index (χ0v) is 15.1. The van der Waals surface area contributed by atoms with E-state index in [2.05, 4.69) is 15.6 Å². The molecule has 0 bridgehead atoms. The van der Waals surface area contributed by atoms with E-state index < -0.39 is 5.91 Å². The van der Waals surface area contributed by atoms with Crippen LogP contribution in [0, 0.1) is 0 Å². The Labute approximate surface area is 156 Å². The second-order valence-corrected chi connectivity index (χ2v) is 5.67. The van der Waals surface area contributed by atoms with Crippen molar-refractivity contribution < 1.29 is 19.1 Å². The van der Waals surface area contributed by atoms with Gasteiger partial charge < -0.3 is 20.1 Å². The first-order valence-electron chi connectivity index (χ1n) is 8.33. The van der Waals surface area contributed by atoms with Crippen molar-refractivity contribution in [3.05, 3.63) is 60.2 Å². The number of ether oxygens (including phenoxy) is 2. The monoisotopic (exact) mass is 368 g/mol. The van der Waals surface area contributed by atoms with Gasteiger partial charge in [-0.2, -0.15) is 0 Å². The van der Waals surface area contributed by atoms with Gasteiger partial charge in [0.05, 0.1) is 19.2 Å². The van der Waals surface area contributed by atoms with Crippen molar-refractivity contribution in [3.8, 4) is 5.75 Å². The summed E-state index contributed by atoms with van der Waals surface area (Å²) in [5.41, 5.74) is 1.33. The zero-order valence-electron chi connectivity index (χ0n) is 15.1. The number of carbonyl (C=O) groups excluding carboxylic acids is 2. The summed E-state index contributed by atoms with van der Waals surface area (Å²) < 4.78 is 11.6. The van der Waals surface area contributed by atoms with Gasteiger partial charge in [0.1, 0.15) is 5.75 Å². The van der Waals surface area contributed by atoms with Crippen molar-refractivity contribution in [2.24, 2.45) is 0 Å². The molecule has 0 aliphatic heterocycles. The molecule has 0 unspecified atom stereocenters. The summed E-state index contributed by atoms with van der Waals surface area (Å²) in [5.74, 6) is 0.0316. The lowest BCUT2D eigenvalue weighted by molar-refractivity contribution is 0.0934. The van der Waals surface area contributed by atoms with Gasteiger partial charge in [-0.3, -0.25) is 14.0 Å². The van der Waals surface area contributed by atoms with Gasteiger partial charge in [-0.15, -0.1) is 0 Å². The van der Waals surface area contributed by atoms with E-state index in [4.69, 9.17) is 9.47 Å². The fraction of sp³-hybridized carbons (Fsp3) is 0.211. The third-order valence-corrected chi connectivity index (χ3v) is 3.91. The van der Waals surface area contributed by atoms with Crippen LogP contribution in [0.2, 0.25) is 0 Å². The molecule has 0 radical (unpaired) electrons. The Kier molecular flexibility index (Phi) is 5.68. The zero-order chi connectivity index (χ0) is 19.2.